The molecule has 0 spiro atoms. The van der Waals surface area contributed by atoms with Gasteiger partial charge in [-0.15, -0.1) is 0 Å². The molecule has 4 heterocycles. The largest absolute Gasteiger partial charge is 0.480 e. The van der Waals surface area contributed by atoms with Crippen LogP contribution in [0.2, 0.25) is 5.02 Å². The number of hydrogen-bond donors (Lipinski definition) is 2. The van der Waals surface area contributed by atoms with Gasteiger partial charge in [0.05, 0.1) is 34.9 Å². The minimum atomic E-state index is -0.894. The van der Waals surface area contributed by atoms with Crippen LogP contribution in [0.25, 0.3) is 11.1 Å². The number of primary amides is 1. The minimum absolute atomic E-state index is 0.0567. The maximum absolute atomic E-state index is 16.5. The summed E-state index contributed by atoms with van der Waals surface area (Å²) in [6.45, 7) is 0.878. The quantitative estimate of drug-likeness (QED) is 0.317. The average molecular weight is 549 g/mol. The number of hydrogen-bond acceptors (Lipinski definition) is 5. The molecular weight excluding hydrogens is 526 g/mol. The molecule has 0 unspecified atom stereocenters. The second-order valence-corrected chi connectivity index (χ2v) is 10.5. The van der Waals surface area contributed by atoms with Crippen LogP contribution in [0.5, 0.6) is 17.4 Å². The molecule has 3 aliphatic heterocycles. The van der Waals surface area contributed by atoms with Gasteiger partial charge >= 0.3 is 0 Å². The predicted octanol–water partition coefficient (Wildman–Crippen LogP) is 5.32. The van der Waals surface area contributed by atoms with Crippen molar-refractivity contribution in [2.45, 2.75) is 37.5 Å². The van der Waals surface area contributed by atoms with Crippen molar-refractivity contribution in [3.8, 4) is 28.5 Å². The number of ether oxygens (including phenoxy) is 2. The maximum Gasteiger partial charge on any atom is 0.249 e. The molecule has 7 rings (SSSR count). The molecule has 1 aromatic heterocycles. The first kappa shape index (κ1) is 24.1. The molecule has 1 amide bonds. The van der Waals surface area contributed by atoms with Gasteiger partial charge in [0.2, 0.25) is 11.8 Å². The van der Waals surface area contributed by atoms with Crippen molar-refractivity contribution in [3.63, 3.8) is 0 Å². The van der Waals surface area contributed by atoms with E-state index >= 15 is 8.78 Å². The Kier molecular flexibility index (Phi) is 5.43. The Labute approximate surface area is 227 Å². The van der Waals surface area contributed by atoms with Crippen molar-refractivity contribution in [2.75, 3.05) is 6.54 Å². The van der Waals surface area contributed by atoms with Crippen molar-refractivity contribution in [2.24, 2.45) is 5.73 Å². The zero-order valence-electron chi connectivity index (χ0n) is 20.6. The summed E-state index contributed by atoms with van der Waals surface area (Å²) in [6.07, 6.45) is 3.62. The summed E-state index contributed by atoms with van der Waals surface area (Å²) in [7, 11) is 0. The Morgan fingerprint density at radius 1 is 1.13 bits per heavy atom. The molecule has 39 heavy (non-hydrogen) atoms. The first-order valence-electron chi connectivity index (χ1n) is 12.7. The summed E-state index contributed by atoms with van der Waals surface area (Å²) in [5, 5.41) is 7.38. The van der Waals surface area contributed by atoms with Gasteiger partial charge in [0.1, 0.15) is 23.1 Å². The number of amides is 1. The van der Waals surface area contributed by atoms with Crippen molar-refractivity contribution in [3.05, 3.63) is 93.6 Å². The van der Waals surface area contributed by atoms with Gasteiger partial charge in [0, 0.05) is 35.2 Å². The first-order chi connectivity index (χ1) is 18.9. The Bertz CT molecular complexity index is 1650. The van der Waals surface area contributed by atoms with Crippen LogP contribution in [0.15, 0.2) is 54.7 Å². The van der Waals surface area contributed by atoms with Crippen LogP contribution in [0.1, 0.15) is 39.9 Å². The van der Waals surface area contributed by atoms with Gasteiger partial charge in [0.25, 0.3) is 0 Å². The zero-order chi connectivity index (χ0) is 26.9. The fourth-order valence-electron chi connectivity index (χ4n) is 6.16. The number of nitrogens with one attached hydrogen (secondary N) is 1. The smallest absolute Gasteiger partial charge is 0.249 e. The van der Waals surface area contributed by atoms with E-state index in [2.05, 4.69) is 10.4 Å². The second kappa shape index (κ2) is 8.79. The molecule has 3 aromatic carbocycles. The van der Waals surface area contributed by atoms with Crippen LogP contribution in [-0.4, -0.2) is 28.3 Å². The molecule has 3 aliphatic rings. The fraction of sp³-hybridized carbons (Fsp3) is 0.241. The van der Waals surface area contributed by atoms with Crippen LogP contribution < -0.4 is 20.5 Å². The molecule has 7 nitrogen and oxygen atoms in total. The second-order valence-electron chi connectivity index (χ2n) is 10.1. The van der Waals surface area contributed by atoms with Crippen molar-refractivity contribution < 1.29 is 23.0 Å². The summed E-state index contributed by atoms with van der Waals surface area (Å²) < 4.78 is 45.8. The highest BCUT2D eigenvalue weighted by molar-refractivity contribution is 6.34. The number of nitrogens with two attached hydrogens (primary N) is 1. The van der Waals surface area contributed by atoms with Crippen LogP contribution >= 0.6 is 11.6 Å². The van der Waals surface area contributed by atoms with Gasteiger partial charge in [-0.1, -0.05) is 41.9 Å². The predicted molar refractivity (Wildman–Crippen MR) is 140 cm³/mol. The van der Waals surface area contributed by atoms with Crippen LogP contribution in [0, 0.1) is 11.6 Å². The van der Waals surface area contributed by atoms with Gasteiger partial charge in [0.15, 0.2) is 5.60 Å². The van der Waals surface area contributed by atoms with E-state index in [1.807, 2.05) is 30.3 Å². The van der Waals surface area contributed by atoms with Gasteiger partial charge in [-0.05, 0) is 31.0 Å². The Hall–Kier alpha value is -3.95. The molecular formula is C29H23ClF2N4O3. The van der Waals surface area contributed by atoms with E-state index in [1.54, 1.807) is 6.07 Å². The third kappa shape index (κ3) is 3.57. The maximum atomic E-state index is 16.5. The topological polar surface area (TPSA) is 91.4 Å². The van der Waals surface area contributed by atoms with Crippen molar-refractivity contribution in [1.29, 1.82) is 0 Å². The lowest BCUT2D eigenvalue weighted by molar-refractivity contribution is 0.0539. The molecule has 0 bridgehead atoms. The number of fused-ring (bicyclic) bond motifs is 3. The number of benzene rings is 3. The number of aromatic nitrogens is 2. The monoisotopic (exact) mass is 548 g/mol. The third-order valence-electron chi connectivity index (χ3n) is 7.95. The SMILES string of the molecule is NC(=O)c1cc2c(c(F)c1-c1c(Cl)c(F)cc3c1C[C@](c1ccccc1)([C@@H]1CCCN1)O3)Cn1nccc1O2. The molecule has 1 fully saturated rings. The Morgan fingerprint density at radius 3 is 2.69 bits per heavy atom. The van der Waals surface area contributed by atoms with Crippen molar-refractivity contribution >= 4 is 17.5 Å². The molecule has 10 heteroatoms. The van der Waals surface area contributed by atoms with E-state index in [-0.39, 0.29) is 57.8 Å². The van der Waals surface area contributed by atoms with E-state index in [1.165, 1.54) is 23.0 Å². The van der Waals surface area contributed by atoms with E-state index < -0.39 is 23.1 Å². The van der Waals surface area contributed by atoms with Crippen LogP contribution in [0.3, 0.4) is 0 Å². The van der Waals surface area contributed by atoms with Crippen molar-refractivity contribution in [1.82, 2.24) is 15.1 Å². The van der Waals surface area contributed by atoms with Gasteiger partial charge in [-0.3, -0.25) is 4.79 Å². The number of carbonyl (C=O) groups is 1. The summed E-state index contributed by atoms with van der Waals surface area (Å²) in [6, 6.07) is 13.9. The Morgan fingerprint density at radius 2 is 1.95 bits per heavy atom. The minimum Gasteiger partial charge on any atom is -0.480 e. The molecule has 198 valence electrons. The summed E-state index contributed by atoms with van der Waals surface area (Å²) in [5.74, 6) is -1.65. The molecule has 0 aliphatic carbocycles. The van der Waals surface area contributed by atoms with E-state index in [0.717, 1.165) is 24.9 Å². The summed E-state index contributed by atoms with van der Waals surface area (Å²) in [4.78, 5) is 12.7. The summed E-state index contributed by atoms with van der Waals surface area (Å²) >= 11 is 6.59. The Balaban J connectivity index is 1.46. The van der Waals surface area contributed by atoms with E-state index in [9.17, 15) is 4.79 Å². The number of carbonyl (C=O) groups excluding carboxylic acids is 1. The lowest BCUT2D eigenvalue weighted by Crippen LogP contribution is -2.48. The molecule has 2 atom stereocenters. The van der Waals surface area contributed by atoms with Gasteiger partial charge < -0.3 is 20.5 Å². The van der Waals surface area contributed by atoms with E-state index in [0.29, 0.717) is 11.4 Å². The highest BCUT2D eigenvalue weighted by Gasteiger charge is 2.50. The molecule has 1 saturated heterocycles. The zero-order valence-corrected chi connectivity index (χ0v) is 21.4. The number of nitrogens with zero attached hydrogens (tertiary/aromatic N) is 2. The van der Waals surface area contributed by atoms with E-state index in [4.69, 9.17) is 26.8 Å². The standard InChI is InChI=1S/C29H23ClF2N4O3/c30-26-19(31)12-21-17(13-29(39-21,22-7-4-9-34-22)15-5-2-1-3-6-15)24(26)25-16(28(33)37)11-20-18(27(25)32)14-36-23(38-20)8-10-35-36/h1-3,5-6,8,10-12,22,34H,4,7,9,13-14H2,(H2,33,37)/t22-,29-/m0/s1. The molecule has 4 aromatic rings. The molecule has 0 radical (unpaired) electrons. The fourth-order valence-corrected chi connectivity index (χ4v) is 6.42. The van der Waals surface area contributed by atoms with Crippen LogP contribution in [0.4, 0.5) is 8.78 Å². The average Bonchev–Trinajstić information content (AvgIpc) is 3.70. The summed E-state index contributed by atoms with van der Waals surface area (Å²) in [5.41, 5.74) is 6.17. The lowest BCUT2D eigenvalue weighted by Gasteiger charge is -2.35. The third-order valence-corrected chi connectivity index (χ3v) is 8.31. The highest BCUT2D eigenvalue weighted by atomic mass is 35.5. The van der Waals surface area contributed by atoms with Gasteiger partial charge in [-0.2, -0.15) is 5.10 Å². The van der Waals surface area contributed by atoms with Crippen LogP contribution in [-0.2, 0) is 18.6 Å². The lowest BCUT2D eigenvalue weighted by atomic mass is 9.80. The number of rotatable bonds is 4. The first-order valence-corrected chi connectivity index (χ1v) is 13.1. The normalized spacial score (nSPS) is 21.1. The number of halogens is 3. The van der Waals surface area contributed by atoms with Gasteiger partial charge in [-0.25, -0.2) is 13.5 Å². The molecule has 3 N–H and O–H groups in total. The highest BCUT2D eigenvalue weighted by Crippen LogP contribution is 2.53. The molecule has 0 saturated carbocycles.